The van der Waals surface area contributed by atoms with E-state index in [1.54, 1.807) is 67.7 Å². The SMILES string of the molecule is CCC(=O)Nc1cccnc1-c1ccc(C(=O)Nc2ccc3c(c2)OCO3)cc1. The van der Waals surface area contributed by atoms with Crippen molar-refractivity contribution in [3.8, 4) is 22.8 Å². The molecule has 0 spiro atoms. The van der Waals surface area contributed by atoms with Gasteiger partial charge in [-0.25, -0.2) is 0 Å². The van der Waals surface area contributed by atoms with Gasteiger partial charge < -0.3 is 20.1 Å². The average Bonchev–Trinajstić information content (AvgIpc) is 3.22. The molecule has 29 heavy (non-hydrogen) atoms. The smallest absolute Gasteiger partial charge is 0.255 e. The number of nitrogens with zero attached hydrogens (tertiary/aromatic N) is 1. The molecule has 7 heteroatoms. The molecule has 2 heterocycles. The van der Waals surface area contributed by atoms with E-state index in [0.29, 0.717) is 40.6 Å². The van der Waals surface area contributed by atoms with Crippen molar-refractivity contribution in [3.63, 3.8) is 0 Å². The standard InChI is InChI=1S/C22H19N3O4/c1-2-20(26)25-17-4-3-11-23-21(17)14-5-7-15(8-6-14)22(27)24-16-9-10-18-19(12-16)29-13-28-18/h3-12H,2,13H2,1H3,(H,24,27)(H,25,26). The number of anilines is 2. The number of aromatic nitrogens is 1. The molecule has 0 atom stereocenters. The fraction of sp³-hybridized carbons (Fsp3) is 0.136. The lowest BCUT2D eigenvalue weighted by atomic mass is 10.1. The largest absolute Gasteiger partial charge is 0.454 e. The van der Waals surface area contributed by atoms with Crippen molar-refractivity contribution in [2.75, 3.05) is 17.4 Å². The maximum Gasteiger partial charge on any atom is 0.255 e. The molecule has 2 aromatic carbocycles. The third-order valence-corrected chi connectivity index (χ3v) is 4.45. The highest BCUT2D eigenvalue weighted by Gasteiger charge is 2.15. The summed E-state index contributed by atoms with van der Waals surface area (Å²) in [5.74, 6) is 0.943. The van der Waals surface area contributed by atoms with Crippen LogP contribution in [0.15, 0.2) is 60.8 Å². The molecule has 1 aliphatic rings. The number of hydrogen-bond acceptors (Lipinski definition) is 5. The number of pyridine rings is 1. The number of carbonyl (C=O) groups is 2. The zero-order chi connectivity index (χ0) is 20.2. The molecule has 0 radical (unpaired) electrons. The second-order valence-electron chi connectivity index (χ2n) is 6.40. The number of benzene rings is 2. The number of fused-ring (bicyclic) bond motifs is 1. The van der Waals surface area contributed by atoms with Gasteiger partial charge in [-0.2, -0.15) is 0 Å². The van der Waals surface area contributed by atoms with Crippen molar-refractivity contribution < 1.29 is 19.1 Å². The molecule has 4 rings (SSSR count). The predicted octanol–water partition coefficient (Wildman–Crippen LogP) is 4.08. The monoisotopic (exact) mass is 389 g/mol. The first kappa shape index (κ1) is 18.5. The summed E-state index contributed by atoms with van der Waals surface area (Å²) in [6, 6.07) is 15.9. The number of ether oxygens (including phenoxy) is 2. The lowest BCUT2D eigenvalue weighted by Crippen LogP contribution is -2.12. The number of amides is 2. The van der Waals surface area contributed by atoms with Crippen molar-refractivity contribution in [1.29, 1.82) is 0 Å². The van der Waals surface area contributed by atoms with Crippen molar-refractivity contribution in [2.24, 2.45) is 0 Å². The summed E-state index contributed by atoms with van der Waals surface area (Å²) in [4.78, 5) is 28.7. The molecular formula is C22H19N3O4. The maximum absolute atomic E-state index is 12.6. The van der Waals surface area contributed by atoms with Crippen LogP contribution in [0.4, 0.5) is 11.4 Å². The van der Waals surface area contributed by atoms with E-state index in [0.717, 1.165) is 5.56 Å². The molecule has 0 aliphatic carbocycles. The van der Waals surface area contributed by atoms with Crippen molar-refractivity contribution in [2.45, 2.75) is 13.3 Å². The Hall–Kier alpha value is -3.87. The molecule has 2 amide bonds. The van der Waals surface area contributed by atoms with E-state index in [2.05, 4.69) is 15.6 Å². The highest BCUT2D eigenvalue weighted by atomic mass is 16.7. The minimum Gasteiger partial charge on any atom is -0.454 e. The summed E-state index contributed by atoms with van der Waals surface area (Å²) < 4.78 is 10.6. The van der Waals surface area contributed by atoms with Gasteiger partial charge >= 0.3 is 0 Å². The van der Waals surface area contributed by atoms with Crippen LogP contribution >= 0.6 is 0 Å². The van der Waals surface area contributed by atoms with E-state index in [4.69, 9.17) is 9.47 Å². The summed E-state index contributed by atoms with van der Waals surface area (Å²) in [5.41, 5.74) is 3.21. The van der Waals surface area contributed by atoms with Gasteiger partial charge in [-0.05, 0) is 36.4 Å². The first-order chi connectivity index (χ1) is 14.1. The van der Waals surface area contributed by atoms with Gasteiger partial charge in [0.15, 0.2) is 11.5 Å². The number of rotatable bonds is 5. The van der Waals surface area contributed by atoms with Crippen LogP contribution in [0.5, 0.6) is 11.5 Å². The predicted molar refractivity (Wildman–Crippen MR) is 109 cm³/mol. The van der Waals surface area contributed by atoms with E-state index in [1.165, 1.54) is 0 Å². The molecule has 0 saturated carbocycles. The molecule has 2 N–H and O–H groups in total. The Kier molecular flexibility index (Phi) is 5.11. The van der Waals surface area contributed by atoms with Crippen LogP contribution in [0.1, 0.15) is 23.7 Å². The first-order valence-electron chi connectivity index (χ1n) is 9.20. The van der Waals surface area contributed by atoms with Crippen LogP contribution in [-0.4, -0.2) is 23.6 Å². The molecule has 146 valence electrons. The second kappa shape index (κ2) is 8.02. The molecule has 0 fully saturated rings. The Bertz CT molecular complexity index is 1060. The third-order valence-electron chi connectivity index (χ3n) is 4.45. The summed E-state index contributed by atoms with van der Waals surface area (Å²) in [5, 5.41) is 5.69. The summed E-state index contributed by atoms with van der Waals surface area (Å²) in [7, 11) is 0. The molecular weight excluding hydrogens is 370 g/mol. The topological polar surface area (TPSA) is 89.6 Å². The van der Waals surface area contributed by atoms with Crippen LogP contribution in [-0.2, 0) is 4.79 Å². The molecule has 7 nitrogen and oxygen atoms in total. The first-order valence-corrected chi connectivity index (χ1v) is 9.20. The van der Waals surface area contributed by atoms with Gasteiger partial charge in [0.05, 0.1) is 11.4 Å². The summed E-state index contributed by atoms with van der Waals surface area (Å²) >= 11 is 0. The average molecular weight is 389 g/mol. The molecule has 0 saturated heterocycles. The Morgan fingerprint density at radius 1 is 1.00 bits per heavy atom. The van der Waals surface area contributed by atoms with Gasteiger partial charge in [0.2, 0.25) is 12.7 Å². The van der Waals surface area contributed by atoms with Crippen LogP contribution in [0.2, 0.25) is 0 Å². The normalized spacial score (nSPS) is 11.8. The van der Waals surface area contributed by atoms with Gasteiger partial charge in [0, 0.05) is 35.5 Å². The number of nitrogens with one attached hydrogen (secondary N) is 2. The minimum atomic E-state index is -0.240. The highest BCUT2D eigenvalue weighted by Crippen LogP contribution is 2.34. The quantitative estimate of drug-likeness (QED) is 0.686. The van der Waals surface area contributed by atoms with E-state index >= 15 is 0 Å². The minimum absolute atomic E-state index is 0.0843. The fourth-order valence-corrected chi connectivity index (χ4v) is 2.93. The number of hydrogen-bond donors (Lipinski definition) is 2. The number of carbonyl (C=O) groups excluding carboxylic acids is 2. The lowest BCUT2D eigenvalue weighted by Gasteiger charge is -2.10. The van der Waals surface area contributed by atoms with Crippen molar-refractivity contribution in [3.05, 3.63) is 66.4 Å². The van der Waals surface area contributed by atoms with Gasteiger partial charge in [0.1, 0.15) is 0 Å². The Labute approximate surface area is 167 Å². The third kappa shape index (κ3) is 4.03. The molecule has 0 bridgehead atoms. The lowest BCUT2D eigenvalue weighted by molar-refractivity contribution is -0.115. The summed E-state index contributed by atoms with van der Waals surface area (Å²) in [6.45, 7) is 1.97. The fourth-order valence-electron chi connectivity index (χ4n) is 2.93. The van der Waals surface area contributed by atoms with Crippen LogP contribution in [0.25, 0.3) is 11.3 Å². The van der Waals surface area contributed by atoms with Gasteiger partial charge in [-0.15, -0.1) is 0 Å². The van der Waals surface area contributed by atoms with Crippen LogP contribution < -0.4 is 20.1 Å². The molecule has 1 aromatic heterocycles. The van der Waals surface area contributed by atoms with Gasteiger partial charge in [-0.3, -0.25) is 14.6 Å². The van der Waals surface area contributed by atoms with Gasteiger partial charge in [-0.1, -0.05) is 19.1 Å². The molecule has 0 unspecified atom stereocenters. The Morgan fingerprint density at radius 2 is 1.79 bits per heavy atom. The van der Waals surface area contributed by atoms with Crippen LogP contribution in [0.3, 0.4) is 0 Å². The zero-order valence-corrected chi connectivity index (χ0v) is 15.8. The van der Waals surface area contributed by atoms with Crippen LogP contribution in [0, 0.1) is 0 Å². The maximum atomic E-state index is 12.6. The molecule has 1 aliphatic heterocycles. The Balaban J connectivity index is 1.51. The van der Waals surface area contributed by atoms with E-state index in [9.17, 15) is 9.59 Å². The van der Waals surface area contributed by atoms with E-state index < -0.39 is 0 Å². The zero-order valence-electron chi connectivity index (χ0n) is 15.8. The molecule has 3 aromatic rings. The van der Waals surface area contributed by atoms with E-state index in [1.807, 2.05) is 0 Å². The Morgan fingerprint density at radius 3 is 2.59 bits per heavy atom. The van der Waals surface area contributed by atoms with Crippen molar-refractivity contribution >= 4 is 23.2 Å². The second-order valence-corrected chi connectivity index (χ2v) is 6.40. The van der Waals surface area contributed by atoms with E-state index in [-0.39, 0.29) is 18.6 Å². The van der Waals surface area contributed by atoms with Crippen molar-refractivity contribution in [1.82, 2.24) is 4.98 Å². The van der Waals surface area contributed by atoms with Gasteiger partial charge in [0.25, 0.3) is 5.91 Å². The highest BCUT2D eigenvalue weighted by molar-refractivity contribution is 6.04. The summed E-state index contributed by atoms with van der Waals surface area (Å²) in [6.07, 6.45) is 2.05.